The molecule has 142 valence electrons. The summed E-state index contributed by atoms with van der Waals surface area (Å²) in [6, 6.07) is 13.3. The summed E-state index contributed by atoms with van der Waals surface area (Å²) in [5, 5.41) is 2.81. The van der Waals surface area contributed by atoms with Crippen molar-refractivity contribution in [2.75, 3.05) is 13.7 Å². The molecule has 5 nitrogen and oxygen atoms in total. The number of halogens is 2. The first-order chi connectivity index (χ1) is 12.0. The van der Waals surface area contributed by atoms with Crippen LogP contribution in [0.4, 0.5) is 4.39 Å². The Kier molecular flexibility index (Phi) is 9.05. The molecule has 2 aromatic rings. The molecule has 1 amide bonds. The lowest BCUT2D eigenvalue weighted by Crippen LogP contribution is -2.33. The Morgan fingerprint density at radius 1 is 1.23 bits per heavy atom. The van der Waals surface area contributed by atoms with Gasteiger partial charge in [0.25, 0.3) is 0 Å². The van der Waals surface area contributed by atoms with Gasteiger partial charge in [-0.05, 0) is 36.8 Å². The van der Waals surface area contributed by atoms with Gasteiger partial charge in [0.2, 0.25) is 5.91 Å². The molecule has 0 aliphatic rings. The number of hydrogen-bond donors (Lipinski definition) is 2. The van der Waals surface area contributed by atoms with Crippen LogP contribution in [0, 0.1) is 5.82 Å². The molecule has 0 aliphatic carbocycles. The normalized spacial score (nSPS) is 12.6. The predicted molar refractivity (Wildman–Crippen MR) is 101 cm³/mol. The van der Waals surface area contributed by atoms with Crippen molar-refractivity contribution in [1.29, 1.82) is 0 Å². The largest absolute Gasteiger partial charge is 0.454 e. The first-order valence-corrected chi connectivity index (χ1v) is 8.08. The van der Waals surface area contributed by atoms with Gasteiger partial charge in [-0.3, -0.25) is 4.79 Å². The van der Waals surface area contributed by atoms with Crippen LogP contribution < -0.4 is 15.8 Å². The van der Waals surface area contributed by atoms with Gasteiger partial charge in [0.15, 0.2) is 11.6 Å². The zero-order valence-corrected chi connectivity index (χ0v) is 15.6. The fourth-order valence-corrected chi connectivity index (χ4v) is 2.34. The average Bonchev–Trinajstić information content (AvgIpc) is 2.62. The minimum atomic E-state index is -0.487. The summed E-state index contributed by atoms with van der Waals surface area (Å²) in [4.78, 5) is 12.0. The summed E-state index contributed by atoms with van der Waals surface area (Å²) in [5.74, 6) is 0.00736. The molecule has 0 aromatic heterocycles. The molecule has 0 bridgehead atoms. The zero-order valence-electron chi connectivity index (χ0n) is 14.8. The molecule has 7 heteroatoms. The van der Waals surface area contributed by atoms with Crippen molar-refractivity contribution in [3.8, 4) is 11.5 Å². The van der Waals surface area contributed by atoms with E-state index >= 15 is 0 Å². The number of benzene rings is 2. The number of nitrogens with one attached hydrogen (secondary N) is 1. The maximum Gasteiger partial charge on any atom is 0.223 e. The zero-order chi connectivity index (χ0) is 18.2. The van der Waals surface area contributed by atoms with Crippen LogP contribution >= 0.6 is 12.4 Å². The van der Waals surface area contributed by atoms with Gasteiger partial charge in [-0.25, -0.2) is 4.39 Å². The van der Waals surface area contributed by atoms with Crippen LogP contribution in [-0.4, -0.2) is 25.7 Å². The first-order valence-electron chi connectivity index (χ1n) is 8.08. The van der Waals surface area contributed by atoms with Gasteiger partial charge in [-0.1, -0.05) is 24.3 Å². The molecule has 26 heavy (non-hydrogen) atoms. The number of methoxy groups -OCH3 is 1. The van der Waals surface area contributed by atoms with Crippen LogP contribution in [0.3, 0.4) is 0 Å². The van der Waals surface area contributed by atoms with Crippen molar-refractivity contribution in [1.82, 2.24) is 5.32 Å². The number of hydrogen-bond acceptors (Lipinski definition) is 4. The summed E-state index contributed by atoms with van der Waals surface area (Å²) in [6.07, 6.45) is -0.166. The van der Waals surface area contributed by atoms with Crippen LogP contribution in [-0.2, 0) is 9.53 Å². The van der Waals surface area contributed by atoms with E-state index < -0.39 is 5.82 Å². The molecule has 3 N–H and O–H groups in total. The lowest BCUT2D eigenvalue weighted by molar-refractivity contribution is -0.124. The molecule has 2 unspecified atom stereocenters. The standard InChI is InChI=1S/C19H23FN2O3.ClH/c1-13(22-19(23)11-16(12-21)24-2)14-8-9-18(17(20)10-14)25-15-6-4-3-5-7-15;/h3-10,13,16H,11-12,21H2,1-2H3,(H,22,23);1H. The topological polar surface area (TPSA) is 73.6 Å². The van der Waals surface area contributed by atoms with E-state index in [9.17, 15) is 9.18 Å². The van der Waals surface area contributed by atoms with Crippen molar-refractivity contribution < 1.29 is 18.7 Å². The van der Waals surface area contributed by atoms with E-state index in [4.69, 9.17) is 15.2 Å². The Morgan fingerprint density at radius 2 is 1.92 bits per heavy atom. The highest BCUT2D eigenvalue weighted by atomic mass is 35.5. The number of rotatable bonds is 8. The van der Waals surface area contributed by atoms with Gasteiger partial charge in [0.1, 0.15) is 5.75 Å². The number of para-hydroxylation sites is 1. The third-order valence-corrected chi connectivity index (χ3v) is 3.81. The molecule has 0 fully saturated rings. The van der Waals surface area contributed by atoms with Gasteiger partial charge in [0, 0.05) is 13.7 Å². The lowest BCUT2D eigenvalue weighted by Gasteiger charge is -2.18. The van der Waals surface area contributed by atoms with Crippen molar-refractivity contribution in [2.24, 2.45) is 5.73 Å². The van der Waals surface area contributed by atoms with Crippen LogP contribution in [0.2, 0.25) is 0 Å². The number of ether oxygens (including phenoxy) is 2. The van der Waals surface area contributed by atoms with Crippen LogP contribution in [0.5, 0.6) is 11.5 Å². The lowest BCUT2D eigenvalue weighted by atomic mass is 10.1. The Balaban J connectivity index is 0.00000338. The minimum absolute atomic E-state index is 0. The fourth-order valence-electron chi connectivity index (χ4n) is 2.34. The second-order valence-corrected chi connectivity index (χ2v) is 5.69. The molecule has 0 saturated heterocycles. The molecule has 0 radical (unpaired) electrons. The van der Waals surface area contributed by atoms with E-state index in [2.05, 4.69) is 5.32 Å². The van der Waals surface area contributed by atoms with E-state index in [-0.39, 0.29) is 49.2 Å². The monoisotopic (exact) mass is 382 g/mol. The summed E-state index contributed by atoms with van der Waals surface area (Å²) >= 11 is 0. The molecular weight excluding hydrogens is 359 g/mol. The quantitative estimate of drug-likeness (QED) is 0.731. The van der Waals surface area contributed by atoms with Gasteiger partial charge >= 0.3 is 0 Å². The smallest absolute Gasteiger partial charge is 0.223 e. The molecule has 0 aliphatic heterocycles. The second-order valence-electron chi connectivity index (χ2n) is 5.69. The molecule has 0 spiro atoms. The third-order valence-electron chi connectivity index (χ3n) is 3.81. The van der Waals surface area contributed by atoms with Crippen LogP contribution in [0.25, 0.3) is 0 Å². The molecular formula is C19H24ClFN2O3. The van der Waals surface area contributed by atoms with E-state index in [1.807, 2.05) is 18.2 Å². The SMILES string of the molecule is COC(CN)CC(=O)NC(C)c1ccc(Oc2ccccc2)c(F)c1.Cl. The number of nitrogens with two attached hydrogens (primary N) is 1. The van der Waals surface area contributed by atoms with Crippen molar-refractivity contribution >= 4 is 18.3 Å². The first kappa shape index (κ1) is 21.9. The number of amides is 1. The van der Waals surface area contributed by atoms with E-state index in [1.165, 1.54) is 13.2 Å². The minimum Gasteiger partial charge on any atom is -0.454 e. The third kappa shape index (κ3) is 6.29. The Morgan fingerprint density at radius 3 is 2.50 bits per heavy atom. The van der Waals surface area contributed by atoms with Crippen LogP contribution in [0.15, 0.2) is 48.5 Å². The number of carbonyl (C=O) groups is 1. The van der Waals surface area contributed by atoms with Gasteiger partial charge in [-0.15, -0.1) is 12.4 Å². The highest BCUT2D eigenvalue weighted by Gasteiger charge is 2.16. The van der Waals surface area contributed by atoms with E-state index in [0.29, 0.717) is 11.3 Å². The van der Waals surface area contributed by atoms with Gasteiger partial charge < -0.3 is 20.5 Å². The summed E-state index contributed by atoms with van der Waals surface area (Å²) in [6.45, 7) is 2.05. The molecule has 0 heterocycles. The molecule has 2 rings (SSSR count). The highest BCUT2D eigenvalue weighted by Crippen LogP contribution is 2.26. The van der Waals surface area contributed by atoms with E-state index in [0.717, 1.165) is 0 Å². The van der Waals surface area contributed by atoms with Gasteiger partial charge in [-0.2, -0.15) is 0 Å². The summed E-state index contributed by atoms with van der Waals surface area (Å²) in [7, 11) is 1.51. The Labute approximate surface area is 159 Å². The van der Waals surface area contributed by atoms with Crippen molar-refractivity contribution in [2.45, 2.75) is 25.5 Å². The maximum absolute atomic E-state index is 14.3. The molecule has 2 aromatic carbocycles. The maximum atomic E-state index is 14.3. The number of carbonyl (C=O) groups excluding carboxylic acids is 1. The molecule has 2 atom stereocenters. The molecule has 0 saturated carbocycles. The van der Waals surface area contributed by atoms with Gasteiger partial charge in [0.05, 0.1) is 18.6 Å². The van der Waals surface area contributed by atoms with Crippen molar-refractivity contribution in [3.05, 3.63) is 59.9 Å². The van der Waals surface area contributed by atoms with Crippen molar-refractivity contribution in [3.63, 3.8) is 0 Å². The highest BCUT2D eigenvalue weighted by molar-refractivity contribution is 5.85. The Hall–Kier alpha value is -2.15. The Bertz CT molecular complexity index is 696. The predicted octanol–water partition coefficient (Wildman–Crippen LogP) is 3.58. The summed E-state index contributed by atoms with van der Waals surface area (Å²) in [5.41, 5.74) is 6.15. The van der Waals surface area contributed by atoms with Crippen LogP contribution in [0.1, 0.15) is 24.9 Å². The second kappa shape index (κ2) is 10.8. The fraction of sp³-hybridized carbons (Fsp3) is 0.316. The van der Waals surface area contributed by atoms with E-state index in [1.54, 1.807) is 31.2 Å². The summed E-state index contributed by atoms with van der Waals surface area (Å²) < 4.78 is 24.9. The average molecular weight is 383 g/mol.